The number of rotatable bonds is 5. The van der Waals surface area contributed by atoms with Crippen LogP contribution in [0.15, 0.2) is 36.4 Å². The number of fused-ring (bicyclic) bond motifs is 1. The third kappa shape index (κ3) is 4.13. The monoisotopic (exact) mass is 497 g/mol. The largest absolute Gasteiger partial charge is 0.478 e. The molecule has 0 amide bonds. The lowest BCUT2D eigenvalue weighted by Gasteiger charge is -2.27. The zero-order valence-electron chi connectivity index (χ0n) is 19.5. The molecule has 5 rings (SSSR count). The summed E-state index contributed by atoms with van der Waals surface area (Å²) in [6, 6.07) is 8.61. The molecule has 2 N–H and O–H groups in total. The molecule has 1 aliphatic rings. The summed E-state index contributed by atoms with van der Waals surface area (Å²) < 4.78 is 61.8. The van der Waals surface area contributed by atoms with E-state index in [0.717, 1.165) is 38.4 Å². The minimum atomic E-state index is -1.59. The van der Waals surface area contributed by atoms with E-state index in [1.807, 2.05) is 0 Å². The summed E-state index contributed by atoms with van der Waals surface area (Å²) in [7, 11) is 0. The molecule has 0 unspecified atom stereocenters. The van der Waals surface area contributed by atoms with Crippen molar-refractivity contribution in [2.75, 3.05) is 13.1 Å². The molecule has 1 fully saturated rings. The Kier molecular flexibility index (Phi) is 6.26. The van der Waals surface area contributed by atoms with Gasteiger partial charge in [-0.2, -0.15) is 0 Å². The van der Waals surface area contributed by atoms with Crippen LogP contribution < -0.4 is 0 Å². The molecule has 3 aromatic carbocycles. The van der Waals surface area contributed by atoms with Crippen LogP contribution in [0.1, 0.15) is 41.0 Å². The van der Waals surface area contributed by atoms with Gasteiger partial charge in [-0.15, -0.1) is 0 Å². The van der Waals surface area contributed by atoms with Crippen molar-refractivity contribution in [2.45, 2.75) is 32.7 Å². The van der Waals surface area contributed by atoms with Gasteiger partial charge in [0, 0.05) is 6.54 Å². The van der Waals surface area contributed by atoms with Crippen LogP contribution in [0.2, 0.25) is 0 Å². The Bertz CT molecular complexity index is 1460. The van der Waals surface area contributed by atoms with Gasteiger partial charge in [-0.3, -0.25) is 4.90 Å². The van der Waals surface area contributed by atoms with Gasteiger partial charge in [0.05, 0.1) is 22.2 Å². The van der Waals surface area contributed by atoms with Crippen LogP contribution in [-0.2, 0) is 6.54 Å². The topological polar surface area (TPSA) is 69.2 Å². The summed E-state index contributed by atoms with van der Waals surface area (Å²) in [5.74, 6) is -7.27. The maximum absolute atomic E-state index is 15.5. The van der Waals surface area contributed by atoms with Crippen LogP contribution in [0.3, 0.4) is 0 Å². The van der Waals surface area contributed by atoms with Crippen molar-refractivity contribution < 1.29 is 27.5 Å². The highest BCUT2D eigenvalue weighted by Crippen LogP contribution is 2.39. The van der Waals surface area contributed by atoms with E-state index in [2.05, 4.69) is 14.9 Å². The molecule has 4 aromatic rings. The number of aromatic amines is 1. The van der Waals surface area contributed by atoms with Gasteiger partial charge in [0.25, 0.3) is 0 Å². The number of aromatic nitrogens is 2. The Hall–Kier alpha value is -3.72. The number of likely N-dealkylation sites (tertiary alicyclic amines) is 1. The predicted octanol–water partition coefficient (Wildman–Crippen LogP) is 6.45. The van der Waals surface area contributed by atoms with Crippen LogP contribution in [0.5, 0.6) is 0 Å². The van der Waals surface area contributed by atoms with Gasteiger partial charge in [-0.05, 0) is 61.7 Å². The summed E-state index contributed by atoms with van der Waals surface area (Å²) in [4.78, 5) is 20.8. The SMILES string of the molecule is Cc1nc2c(C(=O)O)cc(-c3c(F)c(F)c(-c4ccccc4CN4CCCCC4)c(F)c3F)cc2[nH]1. The highest BCUT2D eigenvalue weighted by atomic mass is 19.2. The van der Waals surface area contributed by atoms with Gasteiger partial charge in [-0.1, -0.05) is 30.7 Å². The number of nitrogens with one attached hydrogen (secondary N) is 1. The van der Waals surface area contributed by atoms with Crippen LogP contribution in [0, 0.1) is 30.2 Å². The van der Waals surface area contributed by atoms with E-state index in [4.69, 9.17) is 0 Å². The lowest BCUT2D eigenvalue weighted by Crippen LogP contribution is -2.29. The van der Waals surface area contributed by atoms with Gasteiger partial charge in [-0.25, -0.2) is 27.3 Å². The van der Waals surface area contributed by atoms with Crippen molar-refractivity contribution in [1.29, 1.82) is 0 Å². The Labute approximate surface area is 204 Å². The minimum absolute atomic E-state index is 0.0771. The fraction of sp³-hybridized carbons (Fsp3) is 0.259. The number of halogens is 4. The summed E-state index contributed by atoms with van der Waals surface area (Å²) in [6.07, 6.45) is 3.15. The first-order chi connectivity index (χ1) is 17.3. The molecular formula is C27H23F4N3O2. The molecule has 9 heteroatoms. The molecule has 1 aromatic heterocycles. The number of carboxylic acid groups (broad SMARTS) is 1. The zero-order chi connectivity index (χ0) is 25.6. The van der Waals surface area contributed by atoms with Gasteiger partial charge in [0.15, 0.2) is 23.3 Å². The highest BCUT2D eigenvalue weighted by molar-refractivity contribution is 6.03. The number of piperidine rings is 1. The molecule has 0 aliphatic carbocycles. The minimum Gasteiger partial charge on any atom is -0.478 e. The van der Waals surface area contributed by atoms with Gasteiger partial charge in [0.2, 0.25) is 0 Å². The van der Waals surface area contributed by atoms with E-state index in [0.29, 0.717) is 17.9 Å². The lowest BCUT2D eigenvalue weighted by molar-refractivity contribution is 0.0699. The average molecular weight is 497 g/mol. The number of carbonyl (C=O) groups is 1. The van der Waals surface area contributed by atoms with Crippen molar-refractivity contribution in [3.8, 4) is 22.3 Å². The molecule has 0 radical (unpaired) electrons. The van der Waals surface area contributed by atoms with Crippen molar-refractivity contribution in [1.82, 2.24) is 14.9 Å². The first-order valence-electron chi connectivity index (χ1n) is 11.7. The molecule has 0 saturated carbocycles. The maximum Gasteiger partial charge on any atom is 0.337 e. The molecule has 1 saturated heterocycles. The Morgan fingerprint density at radius 1 is 0.972 bits per heavy atom. The first kappa shape index (κ1) is 24.0. The van der Waals surface area contributed by atoms with Crippen LogP contribution in [0.4, 0.5) is 17.6 Å². The Balaban J connectivity index is 1.67. The van der Waals surface area contributed by atoms with Crippen molar-refractivity contribution in [2.24, 2.45) is 0 Å². The van der Waals surface area contributed by atoms with E-state index in [-0.39, 0.29) is 27.7 Å². The fourth-order valence-electron chi connectivity index (χ4n) is 4.93. The smallest absolute Gasteiger partial charge is 0.337 e. The Morgan fingerprint density at radius 3 is 2.28 bits per heavy atom. The van der Waals surface area contributed by atoms with Crippen LogP contribution in [-0.4, -0.2) is 39.0 Å². The van der Waals surface area contributed by atoms with Gasteiger partial charge >= 0.3 is 5.97 Å². The molecular weight excluding hydrogens is 474 g/mol. The molecule has 0 atom stereocenters. The number of hydrogen-bond acceptors (Lipinski definition) is 3. The van der Waals surface area contributed by atoms with E-state index >= 15 is 17.6 Å². The van der Waals surface area contributed by atoms with E-state index in [9.17, 15) is 9.90 Å². The average Bonchev–Trinajstić information content (AvgIpc) is 3.24. The second kappa shape index (κ2) is 9.39. The molecule has 186 valence electrons. The fourth-order valence-corrected chi connectivity index (χ4v) is 4.93. The maximum atomic E-state index is 15.5. The van der Waals surface area contributed by atoms with Crippen molar-refractivity contribution >= 4 is 17.0 Å². The zero-order valence-corrected chi connectivity index (χ0v) is 19.5. The third-order valence-electron chi connectivity index (χ3n) is 6.62. The first-order valence-corrected chi connectivity index (χ1v) is 11.7. The second-order valence-corrected chi connectivity index (χ2v) is 9.05. The van der Waals surface area contributed by atoms with Gasteiger partial charge in [0.1, 0.15) is 11.3 Å². The van der Waals surface area contributed by atoms with Crippen LogP contribution >= 0.6 is 0 Å². The van der Waals surface area contributed by atoms with Crippen molar-refractivity contribution in [3.05, 3.63) is 76.6 Å². The quantitative estimate of drug-likeness (QED) is 0.246. The number of aromatic carboxylic acids is 1. The Morgan fingerprint density at radius 2 is 1.61 bits per heavy atom. The summed E-state index contributed by atoms with van der Waals surface area (Å²) in [6.45, 7) is 3.66. The summed E-state index contributed by atoms with van der Waals surface area (Å²) in [5.41, 5.74) is -1.52. The standard InChI is InChI=1S/C27H23F4N3O2/c1-14-32-19-12-16(11-18(27(35)36)26(19)33-14)20-22(28)24(30)21(25(31)23(20)29)17-8-4-3-7-15(17)13-34-9-5-2-6-10-34/h3-4,7-8,11-12H,2,5-6,9-10,13H2,1H3,(H,32,33)(H,35,36). The number of aryl methyl sites for hydroxylation is 1. The third-order valence-corrected chi connectivity index (χ3v) is 6.62. The molecule has 36 heavy (non-hydrogen) atoms. The molecule has 2 heterocycles. The van der Waals surface area contributed by atoms with E-state index in [1.54, 1.807) is 25.1 Å². The number of imidazole rings is 1. The highest BCUT2D eigenvalue weighted by Gasteiger charge is 2.29. The normalized spacial score (nSPS) is 14.5. The molecule has 0 spiro atoms. The van der Waals surface area contributed by atoms with Gasteiger partial charge < -0.3 is 10.1 Å². The number of benzene rings is 3. The van der Waals surface area contributed by atoms with Crippen LogP contribution in [0.25, 0.3) is 33.3 Å². The lowest BCUT2D eigenvalue weighted by atomic mass is 9.93. The number of nitrogens with zero attached hydrogens (tertiary/aromatic N) is 2. The molecule has 1 aliphatic heterocycles. The number of hydrogen-bond donors (Lipinski definition) is 2. The van der Waals surface area contributed by atoms with E-state index < -0.39 is 40.4 Å². The number of H-pyrrole nitrogens is 1. The summed E-state index contributed by atoms with van der Waals surface area (Å²) in [5, 5.41) is 9.58. The predicted molar refractivity (Wildman–Crippen MR) is 128 cm³/mol. The molecule has 0 bridgehead atoms. The molecule has 5 nitrogen and oxygen atoms in total. The number of carboxylic acids is 1. The summed E-state index contributed by atoms with van der Waals surface area (Å²) >= 11 is 0. The van der Waals surface area contributed by atoms with E-state index in [1.165, 1.54) is 12.1 Å². The van der Waals surface area contributed by atoms with Crippen molar-refractivity contribution in [3.63, 3.8) is 0 Å². The second-order valence-electron chi connectivity index (χ2n) is 9.05.